The van der Waals surface area contributed by atoms with Crippen LogP contribution < -0.4 is 10.7 Å². The first kappa shape index (κ1) is 12.5. The summed E-state index contributed by atoms with van der Waals surface area (Å²) in [5.74, 6) is 0.123. The molecule has 0 bridgehead atoms. The summed E-state index contributed by atoms with van der Waals surface area (Å²) in [6, 6.07) is 7.58. The fourth-order valence-electron chi connectivity index (χ4n) is 2.50. The van der Waals surface area contributed by atoms with E-state index < -0.39 is 0 Å². The maximum Gasteiger partial charge on any atom is 0.243 e. The number of carbonyl (C=O) groups excluding carboxylic acids is 1. The number of halogens is 1. The summed E-state index contributed by atoms with van der Waals surface area (Å²) in [5.41, 5.74) is 3.91. The van der Waals surface area contributed by atoms with Gasteiger partial charge in [-0.2, -0.15) is 0 Å². The molecule has 2 N–H and O–H groups in total. The quantitative estimate of drug-likeness (QED) is 0.885. The van der Waals surface area contributed by atoms with Crippen LogP contribution in [-0.2, 0) is 4.79 Å². The zero-order valence-corrected chi connectivity index (χ0v) is 11.3. The molecular formula is C14H16ClN3O. The normalized spacial score (nSPS) is 19.5. The maximum atomic E-state index is 12.2. The molecule has 0 aliphatic carbocycles. The second-order valence-electron chi connectivity index (χ2n) is 4.91. The van der Waals surface area contributed by atoms with Crippen molar-refractivity contribution in [1.82, 2.24) is 9.99 Å². The average Bonchev–Trinajstić information content (AvgIpc) is 2.82. The van der Waals surface area contributed by atoms with E-state index in [2.05, 4.69) is 10.7 Å². The van der Waals surface area contributed by atoms with Crippen molar-refractivity contribution in [2.45, 2.75) is 12.8 Å². The topological polar surface area (TPSA) is 46.1 Å². The van der Waals surface area contributed by atoms with Crippen LogP contribution >= 0.6 is 11.6 Å². The molecule has 1 unspecified atom stereocenters. The first-order valence-electron chi connectivity index (χ1n) is 6.52. The molecule has 5 heteroatoms. The van der Waals surface area contributed by atoms with Gasteiger partial charge >= 0.3 is 0 Å². The van der Waals surface area contributed by atoms with E-state index in [1.807, 2.05) is 30.5 Å². The van der Waals surface area contributed by atoms with E-state index in [0.29, 0.717) is 5.02 Å². The molecule has 1 aromatic carbocycles. The van der Waals surface area contributed by atoms with Crippen molar-refractivity contribution in [2.24, 2.45) is 5.92 Å². The second-order valence-corrected chi connectivity index (χ2v) is 5.34. The van der Waals surface area contributed by atoms with Gasteiger partial charge in [0.2, 0.25) is 5.91 Å². The highest BCUT2D eigenvalue weighted by Crippen LogP contribution is 2.20. The standard InChI is InChI=1S/C14H16ClN3O/c15-12-3-4-13-10(8-12)5-7-18(13)17-14(19)11-2-1-6-16-9-11/h3-5,7-8,11,16H,1-2,6,9H2,(H,17,19). The zero-order chi connectivity index (χ0) is 13.2. The van der Waals surface area contributed by atoms with Crippen molar-refractivity contribution in [3.63, 3.8) is 0 Å². The molecule has 2 heterocycles. The van der Waals surface area contributed by atoms with Crippen LogP contribution in [0.1, 0.15) is 12.8 Å². The molecule has 2 aromatic rings. The van der Waals surface area contributed by atoms with Crippen molar-refractivity contribution >= 4 is 28.4 Å². The zero-order valence-electron chi connectivity index (χ0n) is 10.5. The number of hydrogen-bond donors (Lipinski definition) is 2. The Morgan fingerprint density at radius 2 is 2.32 bits per heavy atom. The van der Waals surface area contributed by atoms with Gasteiger partial charge in [-0.25, -0.2) is 0 Å². The van der Waals surface area contributed by atoms with Crippen LogP contribution in [-0.4, -0.2) is 23.7 Å². The molecular weight excluding hydrogens is 262 g/mol. The Morgan fingerprint density at radius 3 is 3.11 bits per heavy atom. The van der Waals surface area contributed by atoms with Gasteiger partial charge in [-0.3, -0.25) is 14.9 Å². The summed E-state index contributed by atoms with van der Waals surface area (Å²) in [5, 5.41) is 4.98. The van der Waals surface area contributed by atoms with Crippen molar-refractivity contribution in [2.75, 3.05) is 18.5 Å². The van der Waals surface area contributed by atoms with Crippen molar-refractivity contribution in [3.8, 4) is 0 Å². The Labute approximate surface area is 116 Å². The fraction of sp³-hybridized carbons (Fsp3) is 0.357. The van der Waals surface area contributed by atoms with Crippen LogP contribution in [0.25, 0.3) is 10.9 Å². The summed E-state index contributed by atoms with van der Waals surface area (Å²) in [4.78, 5) is 12.2. The lowest BCUT2D eigenvalue weighted by molar-refractivity contribution is -0.121. The van der Waals surface area contributed by atoms with Gasteiger partial charge in [0.15, 0.2) is 0 Å². The van der Waals surface area contributed by atoms with Gasteiger partial charge < -0.3 is 5.32 Å². The minimum atomic E-state index is 0.0542. The molecule has 1 aromatic heterocycles. The van der Waals surface area contributed by atoms with E-state index in [0.717, 1.165) is 36.8 Å². The molecule has 4 nitrogen and oxygen atoms in total. The maximum absolute atomic E-state index is 12.2. The van der Waals surface area contributed by atoms with Crippen LogP contribution in [0.2, 0.25) is 5.02 Å². The van der Waals surface area contributed by atoms with Crippen molar-refractivity contribution in [1.29, 1.82) is 0 Å². The lowest BCUT2D eigenvalue weighted by Crippen LogP contribution is -2.39. The van der Waals surface area contributed by atoms with Crippen LogP contribution in [0.3, 0.4) is 0 Å². The number of benzene rings is 1. The highest BCUT2D eigenvalue weighted by atomic mass is 35.5. The van der Waals surface area contributed by atoms with E-state index >= 15 is 0 Å². The van der Waals surface area contributed by atoms with Gasteiger partial charge in [0.25, 0.3) is 0 Å². The van der Waals surface area contributed by atoms with E-state index in [1.54, 1.807) is 4.68 Å². The molecule has 19 heavy (non-hydrogen) atoms. The van der Waals surface area contributed by atoms with Crippen LogP contribution in [0.4, 0.5) is 0 Å². The number of fused-ring (bicyclic) bond motifs is 1. The van der Waals surface area contributed by atoms with Gasteiger partial charge in [0.1, 0.15) is 0 Å². The molecule has 0 radical (unpaired) electrons. The van der Waals surface area contributed by atoms with Crippen LogP contribution in [0.15, 0.2) is 30.5 Å². The molecule has 1 aliphatic heterocycles. The summed E-state index contributed by atoms with van der Waals surface area (Å²) in [6.45, 7) is 1.77. The lowest BCUT2D eigenvalue weighted by atomic mass is 9.99. The number of hydrogen-bond acceptors (Lipinski definition) is 2. The smallest absolute Gasteiger partial charge is 0.243 e. The van der Waals surface area contributed by atoms with Gasteiger partial charge in [0, 0.05) is 23.2 Å². The summed E-state index contributed by atoms with van der Waals surface area (Å²) < 4.78 is 1.77. The summed E-state index contributed by atoms with van der Waals surface area (Å²) in [7, 11) is 0. The van der Waals surface area contributed by atoms with Crippen LogP contribution in [0, 0.1) is 5.92 Å². The number of carbonyl (C=O) groups is 1. The minimum absolute atomic E-state index is 0.0542. The largest absolute Gasteiger partial charge is 0.316 e. The molecule has 1 aliphatic rings. The molecule has 100 valence electrons. The number of nitrogens with zero attached hydrogens (tertiary/aromatic N) is 1. The molecule has 0 spiro atoms. The first-order valence-corrected chi connectivity index (χ1v) is 6.90. The highest BCUT2D eigenvalue weighted by Gasteiger charge is 2.21. The average molecular weight is 278 g/mol. The van der Waals surface area contributed by atoms with Crippen molar-refractivity contribution < 1.29 is 4.79 Å². The Kier molecular flexibility index (Phi) is 3.44. The molecule has 1 saturated heterocycles. The first-order chi connectivity index (χ1) is 9.24. The van der Waals surface area contributed by atoms with Gasteiger partial charge in [-0.1, -0.05) is 11.6 Å². The molecule has 1 amide bonds. The van der Waals surface area contributed by atoms with Gasteiger partial charge in [0.05, 0.1) is 11.4 Å². The third kappa shape index (κ3) is 2.60. The molecule has 1 fully saturated rings. The van der Waals surface area contributed by atoms with Crippen molar-refractivity contribution in [3.05, 3.63) is 35.5 Å². The number of nitrogens with one attached hydrogen (secondary N) is 2. The van der Waals surface area contributed by atoms with Crippen LogP contribution in [0.5, 0.6) is 0 Å². The van der Waals surface area contributed by atoms with Gasteiger partial charge in [-0.05, 0) is 43.7 Å². The Morgan fingerprint density at radius 1 is 1.42 bits per heavy atom. The summed E-state index contributed by atoms with van der Waals surface area (Å²) >= 11 is 5.95. The number of aromatic nitrogens is 1. The molecule has 0 saturated carbocycles. The highest BCUT2D eigenvalue weighted by molar-refractivity contribution is 6.31. The SMILES string of the molecule is O=C(Nn1ccc2cc(Cl)ccc21)C1CCCNC1. The Bertz CT molecular complexity index is 602. The summed E-state index contributed by atoms with van der Waals surface area (Å²) in [6.07, 6.45) is 3.86. The van der Waals surface area contributed by atoms with E-state index in [4.69, 9.17) is 11.6 Å². The lowest BCUT2D eigenvalue weighted by Gasteiger charge is -2.22. The van der Waals surface area contributed by atoms with E-state index in [-0.39, 0.29) is 11.8 Å². The number of rotatable bonds is 2. The molecule has 1 atom stereocenters. The third-order valence-corrected chi connectivity index (χ3v) is 3.79. The number of piperidine rings is 1. The van der Waals surface area contributed by atoms with E-state index in [9.17, 15) is 4.79 Å². The molecule has 3 rings (SSSR count). The Balaban J connectivity index is 1.79. The predicted molar refractivity (Wildman–Crippen MR) is 76.9 cm³/mol. The fourth-order valence-corrected chi connectivity index (χ4v) is 2.68. The van der Waals surface area contributed by atoms with Gasteiger partial charge in [-0.15, -0.1) is 0 Å². The second kappa shape index (κ2) is 5.23. The minimum Gasteiger partial charge on any atom is -0.316 e. The predicted octanol–water partition coefficient (Wildman–Crippen LogP) is 2.36. The number of amides is 1. The Hall–Kier alpha value is -1.52. The third-order valence-electron chi connectivity index (χ3n) is 3.55. The monoisotopic (exact) mass is 277 g/mol. The van der Waals surface area contributed by atoms with E-state index in [1.165, 1.54) is 0 Å².